The Kier molecular flexibility index (Phi) is 3.03. The zero-order chi connectivity index (χ0) is 12.6. The first-order chi connectivity index (χ1) is 7.99. The van der Waals surface area contributed by atoms with E-state index >= 15 is 0 Å². The number of thiophene rings is 1. The number of aryl methyl sites for hydroxylation is 3. The predicted octanol–water partition coefficient (Wildman–Crippen LogP) is 3.49. The predicted molar refractivity (Wildman–Crippen MR) is 72.8 cm³/mol. The number of hydrogen-bond acceptors (Lipinski definition) is 3. The lowest BCUT2D eigenvalue weighted by atomic mass is 10.0. The molecular weight excluding hydrogens is 230 g/mol. The number of ketones is 1. The van der Waals surface area contributed by atoms with Gasteiger partial charge in [-0.3, -0.25) is 4.79 Å². The molecule has 0 spiro atoms. The number of nitrogens with two attached hydrogens (primary N) is 1. The molecule has 0 saturated heterocycles. The molecular formula is C14H15NOS. The van der Waals surface area contributed by atoms with E-state index in [2.05, 4.69) is 0 Å². The van der Waals surface area contributed by atoms with Crippen LogP contribution in [0.25, 0.3) is 0 Å². The van der Waals surface area contributed by atoms with E-state index in [0.29, 0.717) is 5.69 Å². The molecule has 2 nitrogen and oxygen atoms in total. The summed E-state index contributed by atoms with van der Waals surface area (Å²) in [6, 6.07) is 7.36. The first kappa shape index (κ1) is 11.9. The molecule has 0 aliphatic heterocycles. The largest absolute Gasteiger partial charge is 0.399 e. The summed E-state index contributed by atoms with van der Waals surface area (Å²) in [5.74, 6) is 0.0868. The van der Waals surface area contributed by atoms with Gasteiger partial charge in [0.2, 0.25) is 5.78 Å². The van der Waals surface area contributed by atoms with Crippen LogP contribution in [0.15, 0.2) is 24.3 Å². The molecule has 0 unspecified atom stereocenters. The van der Waals surface area contributed by atoms with E-state index in [0.717, 1.165) is 16.0 Å². The summed E-state index contributed by atoms with van der Waals surface area (Å²) in [5, 5.41) is 0. The van der Waals surface area contributed by atoms with Gasteiger partial charge in [0.05, 0.1) is 4.88 Å². The molecule has 0 amide bonds. The molecule has 2 rings (SSSR count). The van der Waals surface area contributed by atoms with Crippen LogP contribution in [-0.2, 0) is 0 Å². The Morgan fingerprint density at radius 3 is 2.35 bits per heavy atom. The second-order valence-corrected chi connectivity index (χ2v) is 5.51. The normalized spacial score (nSPS) is 10.5. The molecule has 0 bridgehead atoms. The minimum absolute atomic E-state index is 0.0868. The van der Waals surface area contributed by atoms with Crippen LogP contribution in [0, 0.1) is 20.8 Å². The zero-order valence-electron chi connectivity index (χ0n) is 10.2. The van der Waals surface area contributed by atoms with E-state index in [9.17, 15) is 4.79 Å². The van der Waals surface area contributed by atoms with Crippen molar-refractivity contribution in [2.24, 2.45) is 0 Å². The van der Waals surface area contributed by atoms with Crippen LogP contribution < -0.4 is 5.73 Å². The first-order valence-corrected chi connectivity index (χ1v) is 6.28. The van der Waals surface area contributed by atoms with Crippen molar-refractivity contribution in [2.75, 3.05) is 5.73 Å². The van der Waals surface area contributed by atoms with E-state index in [4.69, 9.17) is 5.73 Å². The molecule has 3 heteroatoms. The molecule has 0 radical (unpaired) electrons. The highest BCUT2D eigenvalue weighted by Gasteiger charge is 2.14. The maximum absolute atomic E-state index is 12.3. The van der Waals surface area contributed by atoms with Crippen molar-refractivity contribution >= 4 is 22.8 Å². The Labute approximate surface area is 105 Å². The Bertz CT molecular complexity index is 564. The van der Waals surface area contributed by atoms with E-state index in [-0.39, 0.29) is 5.78 Å². The topological polar surface area (TPSA) is 43.1 Å². The van der Waals surface area contributed by atoms with Gasteiger partial charge in [0.15, 0.2) is 0 Å². The minimum atomic E-state index is 0.0868. The van der Waals surface area contributed by atoms with Crippen LogP contribution >= 0.6 is 11.3 Å². The van der Waals surface area contributed by atoms with Crippen molar-refractivity contribution in [1.82, 2.24) is 0 Å². The van der Waals surface area contributed by atoms with Crippen molar-refractivity contribution in [2.45, 2.75) is 20.8 Å². The number of nitrogen functional groups attached to an aromatic ring is 1. The molecule has 0 atom stereocenters. The average Bonchev–Trinajstić information content (AvgIpc) is 2.58. The van der Waals surface area contributed by atoms with Crippen LogP contribution in [0.1, 0.15) is 31.2 Å². The summed E-state index contributed by atoms with van der Waals surface area (Å²) in [7, 11) is 0. The van der Waals surface area contributed by atoms with Crippen LogP contribution in [-0.4, -0.2) is 5.78 Å². The van der Waals surface area contributed by atoms with Crippen LogP contribution in [0.5, 0.6) is 0 Å². The minimum Gasteiger partial charge on any atom is -0.399 e. The van der Waals surface area contributed by atoms with Crippen LogP contribution in [0.4, 0.5) is 5.69 Å². The third-order valence-corrected chi connectivity index (χ3v) is 4.04. The van der Waals surface area contributed by atoms with Gasteiger partial charge < -0.3 is 5.73 Å². The van der Waals surface area contributed by atoms with Crippen molar-refractivity contribution in [3.05, 3.63) is 50.7 Å². The molecule has 1 aromatic carbocycles. The van der Waals surface area contributed by atoms with Crippen molar-refractivity contribution in [3.63, 3.8) is 0 Å². The molecule has 17 heavy (non-hydrogen) atoms. The Balaban J connectivity index is 2.43. The third kappa shape index (κ3) is 2.24. The van der Waals surface area contributed by atoms with Gasteiger partial charge in [-0.2, -0.15) is 0 Å². The molecule has 0 fully saturated rings. The van der Waals surface area contributed by atoms with Gasteiger partial charge in [0, 0.05) is 16.1 Å². The fourth-order valence-corrected chi connectivity index (χ4v) is 2.75. The highest BCUT2D eigenvalue weighted by molar-refractivity contribution is 7.14. The quantitative estimate of drug-likeness (QED) is 0.650. The molecule has 2 aromatic rings. The second kappa shape index (κ2) is 4.34. The Morgan fingerprint density at radius 2 is 1.82 bits per heavy atom. The van der Waals surface area contributed by atoms with Crippen molar-refractivity contribution < 1.29 is 4.79 Å². The summed E-state index contributed by atoms with van der Waals surface area (Å²) in [6.45, 7) is 5.97. The van der Waals surface area contributed by atoms with Gasteiger partial charge in [-0.05, 0) is 56.2 Å². The van der Waals surface area contributed by atoms with Gasteiger partial charge >= 0.3 is 0 Å². The highest BCUT2D eigenvalue weighted by Crippen LogP contribution is 2.25. The fourth-order valence-electron chi connectivity index (χ4n) is 1.76. The summed E-state index contributed by atoms with van der Waals surface area (Å²) in [5.41, 5.74) is 9.22. The molecule has 2 N–H and O–H groups in total. The maximum atomic E-state index is 12.3. The summed E-state index contributed by atoms with van der Waals surface area (Å²) in [6.07, 6.45) is 0. The Morgan fingerprint density at radius 1 is 1.12 bits per heavy atom. The highest BCUT2D eigenvalue weighted by atomic mass is 32.1. The van der Waals surface area contributed by atoms with Gasteiger partial charge in [-0.25, -0.2) is 0 Å². The molecule has 1 aromatic heterocycles. The van der Waals surface area contributed by atoms with Gasteiger partial charge in [-0.1, -0.05) is 0 Å². The van der Waals surface area contributed by atoms with E-state index in [1.807, 2.05) is 32.9 Å². The third-order valence-electron chi connectivity index (χ3n) is 2.88. The molecule has 0 aliphatic rings. The lowest BCUT2D eigenvalue weighted by Crippen LogP contribution is -2.02. The summed E-state index contributed by atoms with van der Waals surface area (Å²) < 4.78 is 0. The van der Waals surface area contributed by atoms with Crippen molar-refractivity contribution in [1.29, 1.82) is 0 Å². The Hall–Kier alpha value is -1.61. The van der Waals surface area contributed by atoms with E-state index in [1.165, 1.54) is 10.4 Å². The van der Waals surface area contributed by atoms with E-state index < -0.39 is 0 Å². The van der Waals surface area contributed by atoms with Crippen LogP contribution in [0.2, 0.25) is 0 Å². The summed E-state index contributed by atoms with van der Waals surface area (Å²) >= 11 is 1.55. The van der Waals surface area contributed by atoms with Crippen LogP contribution in [0.3, 0.4) is 0 Å². The molecule has 0 saturated carbocycles. The zero-order valence-corrected chi connectivity index (χ0v) is 11.0. The first-order valence-electron chi connectivity index (χ1n) is 5.47. The summed E-state index contributed by atoms with van der Waals surface area (Å²) in [4.78, 5) is 14.3. The number of carbonyl (C=O) groups excluding carboxylic acids is 1. The SMILES string of the molecule is Cc1cc(N)ccc1C(=O)c1cc(C)c(C)s1. The monoisotopic (exact) mass is 245 g/mol. The second-order valence-electron chi connectivity index (χ2n) is 4.25. The molecule has 0 aliphatic carbocycles. The van der Waals surface area contributed by atoms with E-state index in [1.54, 1.807) is 23.5 Å². The molecule has 1 heterocycles. The number of benzene rings is 1. The standard InChI is InChI=1S/C14H15NOS/c1-8-7-13(17-10(8)3)14(16)12-5-4-11(15)6-9(12)2/h4-7H,15H2,1-3H3. The fraction of sp³-hybridized carbons (Fsp3) is 0.214. The molecule has 88 valence electrons. The van der Waals surface area contributed by atoms with Gasteiger partial charge in [-0.15, -0.1) is 11.3 Å². The number of carbonyl (C=O) groups is 1. The van der Waals surface area contributed by atoms with Gasteiger partial charge in [0.25, 0.3) is 0 Å². The number of rotatable bonds is 2. The average molecular weight is 245 g/mol. The smallest absolute Gasteiger partial charge is 0.203 e. The lowest BCUT2D eigenvalue weighted by Gasteiger charge is -2.04. The number of anilines is 1. The van der Waals surface area contributed by atoms with Crippen molar-refractivity contribution in [3.8, 4) is 0 Å². The maximum Gasteiger partial charge on any atom is 0.203 e. The lowest BCUT2D eigenvalue weighted by molar-refractivity contribution is 0.104. The number of hydrogen-bond donors (Lipinski definition) is 1. The van der Waals surface area contributed by atoms with Gasteiger partial charge in [0.1, 0.15) is 0 Å².